The van der Waals surface area contributed by atoms with E-state index in [9.17, 15) is 0 Å². The third kappa shape index (κ3) is 4.22. The number of fused-ring (bicyclic) bond motifs is 1. The van der Waals surface area contributed by atoms with E-state index in [1.165, 1.54) is 51.4 Å². The van der Waals surface area contributed by atoms with Crippen LogP contribution in [0.2, 0.25) is 0 Å². The highest BCUT2D eigenvalue weighted by Crippen LogP contribution is 2.26. The van der Waals surface area contributed by atoms with Gasteiger partial charge in [0.15, 0.2) is 10.2 Å². The van der Waals surface area contributed by atoms with Crippen molar-refractivity contribution in [3.05, 3.63) is 0 Å². The Balaban J connectivity index is 1.85. The number of thiocarbonyl (C=S) groups is 2. The van der Waals surface area contributed by atoms with Crippen molar-refractivity contribution in [3.63, 3.8) is 0 Å². The number of rotatable bonds is 10. The molecule has 0 radical (unpaired) electrons. The zero-order valence-corrected chi connectivity index (χ0v) is 15.6. The summed E-state index contributed by atoms with van der Waals surface area (Å²) in [6.07, 6.45) is 12.9. The lowest BCUT2D eigenvalue weighted by atomic mass is 10.1. The molecule has 2 rings (SSSR count). The third-order valence-corrected chi connectivity index (χ3v) is 5.09. The average Bonchev–Trinajstić information content (AvgIpc) is 3.00. The van der Waals surface area contributed by atoms with E-state index in [1.807, 2.05) is 0 Å². The van der Waals surface area contributed by atoms with Gasteiger partial charge in [-0.25, -0.2) is 10.0 Å². The summed E-state index contributed by atoms with van der Waals surface area (Å²) in [5.41, 5.74) is 0. The zero-order chi connectivity index (χ0) is 15.9. The number of unbranched alkanes of at least 4 members (excludes halogenated alkanes) is 6. The molecule has 126 valence electrons. The molecular formula is C16H30N4S2. The van der Waals surface area contributed by atoms with Crippen molar-refractivity contribution in [2.75, 3.05) is 0 Å². The average molecular weight is 343 g/mol. The fraction of sp³-hybridized carbons (Fsp3) is 0.875. The van der Waals surface area contributed by atoms with Crippen molar-refractivity contribution >= 4 is 34.7 Å². The maximum Gasteiger partial charge on any atom is 0.191 e. The second-order valence-corrected chi connectivity index (χ2v) is 7.09. The topological polar surface area (TPSA) is 30.5 Å². The quantitative estimate of drug-likeness (QED) is 0.463. The van der Waals surface area contributed by atoms with Crippen LogP contribution in [-0.2, 0) is 0 Å². The lowest BCUT2D eigenvalue weighted by Crippen LogP contribution is -2.41. The highest BCUT2D eigenvalue weighted by molar-refractivity contribution is 7.80. The first-order valence-corrected chi connectivity index (χ1v) is 9.70. The van der Waals surface area contributed by atoms with Crippen LogP contribution in [0.15, 0.2) is 0 Å². The van der Waals surface area contributed by atoms with E-state index >= 15 is 0 Å². The molecule has 0 amide bonds. The molecule has 0 aromatic carbocycles. The van der Waals surface area contributed by atoms with Gasteiger partial charge in [-0.15, -0.1) is 0 Å². The molecule has 2 atom stereocenters. The van der Waals surface area contributed by atoms with Crippen LogP contribution in [0.4, 0.5) is 0 Å². The molecule has 22 heavy (non-hydrogen) atoms. The molecule has 2 aliphatic rings. The van der Waals surface area contributed by atoms with Crippen molar-refractivity contribution in [2.45, 2.75) is 90.4 Å². The summed E-state index contributed by atoms with van der Waals surface area (Å²) in [6.45, 7) is 4.49. The van der Waals surface area contributed by atoms with Gasteiger partial charge >= 0.3 is 0 Å². The van der Waals surface area contributed by atoms with Gasteiger partial charge in [-0.1, -0.05) is 52.4 Å². The van der Waals surface area contributed by atoms with Crippen LogP contribution in [0.5, 0.6) is 0 Å². The monoisotopic (exact) mass is 342 g/mol. The zero-order valence-electron chi connectivity index (χ0n) is 13.9. The van der Waals surface area contributed by atoms with Gasteiger partial charge in [0.25, 0.3) is 0 Å². The summed E-state index contributed by atoms with van der Waals surface area (Å²) in [5, 5.41) is 12.9. The summed E-state index contributed by atoms with van der Waals surface area (Å²) < 4.78 is 0. The van der Waals surface area contributed by atoms with Crippen molar-refractivity contribution < 1.29 is 0 Å². The fourth-order valence-corrected chi connectivity index (χ4v) is 3.94. The minimum absolute atomic E-state index is 0.241. The van der Waals surface area contributed by atoms with Gasteiger partial charge in [0, 0.05) is 0 Å². The van der Waals surface area contributed by atoms with Gasteiger partial charge < -0.3 is 10.6 Å². The molecule has 0 aromatic heterocycles. The molecular weight excluding hydrogens is 312 g/mol. The lowest BCUT2D eigenvalue weighted by Gasteiger charge is -2.26. The highest BCUT2D eigenvalue weighted by Gasteiger charge is 2.45. The molecule has 2 aliphatic heterocycles. The van der Waals surface area contributed by atoms with Crippen LogP contribution in [0.1, 0.15) is 78.1 Å². The van der Waals surface area contributed by atoms with Crippen LogP contribution >= 0.6 is 24.4 Å². The van der Waals surface area contributed by atoms with Crippen LogP contribution in [-0.4, -0.2) is 32.6 Å². The highest BCUT2D eigenvalue weighted by atomic mass is 32.1. The first kappa shape index (κ1) is 17.7. The molecule has 6 heteroatoms. The summed E-state index contributed by atoms with van der Waals surface area (Å²) in [4.78, 5) is 0. The molecule has 2 saturated heterocycles. The van der Waals surface area contributed by atoms with Gasteiger partial charge in [0.1, 0.15) is 12.3 Å². The SMILES string of the molecule is CCCCCCC1NC(=S)N2C(CCCCCC)NC(=S)N12. The van der Waals surface area contributed by atoms with Crippen molar-refractivity contribution in [1.29, 1.82) is 0 Å². The summed E-state index contributed by atoms with van der Waals surface area (Å²) in [7, 11) is 0. The number of hydrazine groups is 1. The first-order valence-electron chi connectivity index (χ1n) is 8.88. The minimum Gasteiger partial charge on any atom is -0.339 e. The Morgan fingerprint density at radius 1 is 0.727 bits per heavy atom. The maximum absolute atomic E-state index is 5.54. The van der Waals surface area contributed by atoms with E-state index in [4.69, 9.17) is 24.4 Å². The number of nitrogens with zero attached hydrogens (tertiary/aromatic N) is 2. The summed E-state index contributed by atoms with van der Waals surface area (Å²) in [6, 6.07) is 0. The second-order valence-electron chi connectivity index (χ2n) is 6.32. The van der Waals surface area contributed by atoms with Crippen LogP contribution in [0, 0.1) is 0 Å². The molecule has 0 bridgehead atoms. The Bertz CT molecular complexity index is 352. The van der Waals surface area contributed by atoms with Crippen molar-refractivity contribution in [1.82, 2.24) is 20.7 Å². The van der Waals surface area contributed by atoms with Gasteiger partial charge in [-0.05, 0) is 50.1 Å². The van der Waals surface area contributed by atoms with E-state index < -0.39 is 0 Å². The number of hydrogen-bond donors (Lipinski definition) is 2. The summed E-state index contributed by atoms with van der Waals surface area (Å²) in [5.74, 6) is 0. The van der Waals surface area contributed by atoms with Crippen LogP contribution < -0.4 is 10.6 Å². The smallest absolute Gasteiger partial charge is 0.191 e. The fourth-order valence-electron chi connectivity index (χ4n) is 3.24. The molecule has 0 aromatic rings. The van der Waals surface area contributed by atoms with Crippen molar-refractivity contribution in [3.8, 4) is 0 Å². The second kappa shape index (κ2) is 8.87. The third-order valence-electron chi connectivity index (χ3n) is 4.48. The van der Waals surface area contributed by atoms with E-state index in [1.54, 1.807) is 0 Å². The van der Waals surface area contributed by atoms with Gasteiger partial charge in [-0.3, -0.25) is 0 Å². The largest absolute Gasteiger partial charge is 0.339 e. The number of nitrogens with one attached hydrogen (secondary N) is 2. The molecule has 2 unspecified atom stereocenters. The maximum atomic E-state index is 5.54. The normalized spacial score (nSPS) is 23.7. The van der Waals surface area contributed by atoms with E-state index in [2.05, 4.69) is 34.5 Å². The molecule has 2 N–H and O–H groups in total. The Hall–Kier alpha value is -0.620. The van der Waals surface area contributed by atoms with E-state index in [0.29, 0.717) is 0 Å². The predicted molar refractivity (Wildman–Crippen MR) is 100 cm³/mol. The minimum atomic E-state index is 0.241. The standard InChI is InChI=1S/C16H30N4S2/c1-3-5-7-9-11-13-17-15(21)20-14(12-10-8-6-4-2)18-16(22)19(13)20/h13-14H,3-12H2,1-2H3,(H,17,21)(H,18,22). The Morgan fingerprint density at radius 2 is 1.14 bits per heavy atom. The van der Waals surface area contributed by atoms with Crippen LogP contribution in [0.3, 0.4) is 0 Å². The number of hydrogen-bond acceptors (Lipinski definition) is 2. The van der Waals surface area contributed by atoms with E-state index in [0.717, 1.165) is 23.1 Å². The molecule has 2 heterocycles. The van der Waals surface area contributed by atoms with Crippen molar-refractivity contribution in [2.24, 2.45) is 0 Å². The Morgan fingerprint density at radius 3 is 1.50 bits per heavy atom. The lowest BCUT2D eigenvalue weighted by molar-refractivity contribution is 0.103. The molecule has 0 spiro atoms. The Kier molecular flexibility index (Phi) is 7.15. The summed E-state index contributed by atoms with van der Waals surface area (Å²) >= 11 is 11.1. The van der Waals surface area contributed by atoms with Gasteiger partial charge in [0.2, 0.25) is 0 Å². The van der Waals surface area contributed by atoms with E-state index in [-0.39, 0.29) is 12.3 Å². The molecule has 0 aliphatic carbocycles. The Labute approximate surface area is 146 Å². The molecule has 2 fully saturated rings. The van der Waals surface area contributed by atoms with Gasteiger partial charge in [-0.2, -0.15) is 0 Å². The van der Waals surface area contributed by atoms with Crippen LogP contribution in [0.25, 0.3) is 0 Å². The molecule has 4 nitrogen and oxygen atoms in total. The van der Waals surface area contributed by atoms with Gasteiger partial charge in [0.05, 0.1) is 0 Å². The first-order chi connectivity index (χ1) is 10.7. The molecule has 0 saturated carbocycles. The predicted octanol–water partition coefficient (Wildman–Crippen LogP) is 3.87.